The van der Waals surface area contributed by atoms with Gasteiger partial charge >= 0.3 is 0 Å². The standard InChI is InChI=1S/C10H11FN4O3S/c11-9-2-1-8(3-7(9)5-16)19(17,18)14-4-10-12-6-13-15-10/h1-3,6,14,16H,4-5H2,(H,12,13,15). The number of nitrogens with zero attached hydrogens (tertiary/aromatic N) is 2. The highest BCUT2D eigenvalue weighted by molar-refractivity contribution is 7.89. The SMILES string of the molecule is O=S(=O)(NCc1ncn[nH]1)c1ccc(F)c(CO)c1. The number of aromatic nitrogens is 3. The molecule has 0 aliphatic heterocycles. The second kappa shape index (κ2) is 5.43. The fourth-order valence-electron chi connectivity index (χ4n) is 1.40. The van der Waals surface area contributed by atoms with E-state index in [0.717, 1.165) is 18.2 Å². The van der Waals surface area contributed by atoms with Gasteiger partial charge in [-0.25, -0.2) is 22.5 Å². The summed E-state index contributed by atoms with van der Waals surface area (Å²) >= 11 is 0. The van der Waals surface area contributed by atoms with Gasteiger partial charge in [0.25, 0.3) is 0 Å². The summed E-state index contributed by atoms with van der Waals surface area (Å²) in [6.07, 6.45) is 1.26. The van der Waals surface area contributed by atoms with E-state index in [-0.39, 0.29) is 17.0 Å². The van der Waals surface area contributed by atoms with Crippen molar-refractivity contribution in [1.29, 1.82) is 0 Å². The van der Waals surface area contributed by atoms with E-state index in [1.807, 2.05) is 0 Å². The number of rotatable bonds is 5. The normalized spacial score (nSPS) is 11.7. The van der Waals surface area contributed by atoms with Crippen LogP contribution < -0.4 is 4.72 Å². The van der Waals surface area contributed by atoms with Crippen LogP contribution in [-0.4, -0.2) is 28.7 Å². The van der Waals surface area contributed by atoms with E-state index < -0.39 is 22.4 Å². The summed E-state index contributed by atoms with van der Waals surface area (Å²) in [5, 5.41) is 15.0. The molecule has 0 saturated carbocycles. The zero-order valence-corrected chi connectivity index (χ0v) is 10.5. The number of aliphatic hydroxyl groups is 1. The van der Waals surface area contributed by atoms with Gasteiger partial charge in [0.1, 0.15) is 18.0 Å². The Bertz CT molecular complexity index is 657. The number of aliphatic hydroxyl groups excluding tert-OH is 1. The minimum Gasteiger partial charge on any atom is -0.392 e. The van der Waals surface area contributed by atoms with Crippen molar-refractivity contribution in [1.82, 2.24) is 19.9 Å². The molecule has 0 bridgehead atoms. The average Bonchev–Trinajstić information content (AvgIpc) is 2.90. The molecule has 9 heteroatoms. The molecular formula is C10H11FN4O3S. The predicted octanol–water partition coefficient (Wildman–Crippen LogP) is -0.0854. The highest BCUT2D eigenvalue weighted by atomic mass is 32.2. The van der Waals surface area contributed by atoms with Crippen molar-refractivity contribution in [3.05, 3.63) is 41.7 Å². The highest BCUT2D eigenvalue weighted by Crippen LogP contribution is 2.15. The first kappa shape index (κ1) is 13.6. The fourth-order valence-corrected chi connectivity index (χ4v) is 2.44. The minimum atomic E-state index is -3.80. The van der Waals surface area contributed by atoms with Gasteiger partial charge in [0, 0.05) is 5.56 Å². The molecule has 3 N–H and O–H groups in total. The van der Waals surface area contributed by atoms with E-state index in [4.69, 9.17) is 5.11 Å². The lowest BCUT2D eigenvalue weighted by atomic mass is 10.2. The maximum absolute atomic E-state index is 13.2. The van der Waals surface area contributed by atoms with Gasteiger partial charge in [-0.15, -0.1) is 0 Å². The molecule has 2 aromatic rings. The van der Waals surface area contributed by atoms with E-state index in [2.05, 4.69) is 19.9 Å². The van der Waals surface area contributed by atoms with Gasteiger partial charge in [-0.1, -0.05) is 0 Å². The molecule has 0 amide bonds. The molecule has 0 aliphatic carbocycles. The zero-order valence-electron chi connectivity index (χ0n) is 9.67. The van der Waals surface area contributed by atoms with Crippen LogP contribution in [0.2, 0.25) is 0 Å². The summed E-state index contributed by atoms with van der Waals surface area (Å²) in [6.45, 7) is -0.633. The molecule has 1 aromatic heterocycles. The van der Waals surface area contributed by atoms with Crippen LogP contribution in [0.1, 0.15) is 11.4 Å². The van der Waals surface area contributed by atoms with Gasteiger partial charge in [0.15, 0.2) is 0 Å². The summed E-state index contributed by atoms with van der Waals surface area (Å²) in [6, 6.07) is 3.20. The lowest BCUT2D eigenvalue weighted by Crippen LogP contribution is -2.24. The lowest BCUT2D eigenvalue weighted by Gasteiger charge is -2.07. The first-order valence-corrected chi connectivity index (χ1v) is 6.74. The molecule has 1 aromatic carbocycles. The summed E-state index contributed by atoms with van der Waals surface area (Å²) in [7, 11) is -3.80. The first-order valence-electron chi connectivity index (χ1n) is 5.26. The molecular weight excluding hydrogens is 275 g/mol. The Balaban J connectivity index is 2.19. The zero-order chi connectivity index (χ0) is 13.9. The molecule has 0 atom stereocenters. The second-order valence-corrected chi connectivity index (χ2v) is 5.44. The molecule has 0 unspecified atom stereocenters. The maximum Gasteiger partial charge on any atom is 0.240 e. The third kappa shape index (κ3) is 3.13. The number of halogens is 1. The Morgan fingerprint density at radius 3 is 2.84 bits per heavy atom. The Morgan fingerprint density at radius 1 is 1.42 bits per heavy atom. The smallest absolute Gasteiger partial charge is 0.240 e. The fraction of sp³-hybridized carbons (Fsp3) is 0.200. The largest absolute Gasteiger partial charge is 0.392 e. The van der Waals surface area contributed by atoms with Crippen molar-refractivity contribution in [2.24, 2.45) is 0 Å². The van der Waals surface area contributed by atoms with Crippen LogP contribution in [0.5, 0.6) is 0 Å². The van der Waals surface area contributed by atoms with Crippen LogP contribution in [0.3, 0.4) is 0 Å². The number of sulfonamides is 1. The van der Waals surface area contributed by atoms with Crippen molar-refractivity contribution >= 4 is 10.0 Å². The van der Waals surface area contributed by atoms with Gasteiger partial charge < -0.3 is 5.11 Å². The summed E-state index contributed by atoms with van der Waals surface area (Å²) < 4.78 is 39.3. The molecule has 102 valence electrons. The van der Waals surface area contributed by atoms with Crippen molar-refractivity contribution in [2.45, 2.75) is 18.0 Å². The molecule has 7 nitrogen and oxygen atoms in total. The molecule has 1 heterocycles. The topological polar surface area (TPSA) is 108 Å². The van der Waals surface area contributed by atoms with Gasteiger partial charge in [0.2, 0.25) is 10.0 Å². The highest BCUT2D eigenvalue weighted by Gasteiger charge is 2.16. The van der Waals surface area contributed by atoms with Crippen LogP contribution in [-0.2, 0) is 23.2 Å². The van der Waals surface area contributed by atoms with E-state index >= 15 is 0 Å². The van der Waals surface area contributed by atoms with E-state index in [9.17, 15) is 12.8 Å². The van der Waals surface area contributed by atoms with Crippen molar-refractivity contribution < 1.29 is 17.9 Å². The lowest BCUT2D eigenvalue weighted by molar-refractivity contribution is 0.275. The first-order chi connectivity index (χ1) is 9.03. The molecule has 0 spiro atoms. The van der Waals surface area contributed by atoms with Crippen molar-refractivity contribution in [3.8, 4) is 0 Å². The third-order valence-electron chi connectivity index (χ3n) is 2.39. The Kier molecular flexibility index (Phi) is 3.88. The molecule has 0 fully saturated rings. The van der Waals surface area contributed by atoms with Crippen LogP contribution >= 0.6 is 0 Å². The average molecular weight is 286 g/mol. The van der Waals surface area contributed by atoms with Crippen molar-refractivity contribution in [3.63, 3.8) is 0 Å². The van der Waals surface area contributed by atoms with E-state index in [1.165, 1.54) is 6.33 Å². The number of benzene rings is 1. The molecule has 0 aliphatic rings. The molecule has 2 rings (SSSR count). The van der Waals surface area contributed by atoms with E-state index in [0.29, 0.717) is 5.82 Å². The predicted molar refractivity (Wildman–Crippen MR) is 62.7 cm³/mol. The van der Waals surface area contributed by atoms with Gasteiger partial charge in [0.05, 0.1) is 18.0 Å². The Hall–Kier alpha value is -1.84. The number of H-pyrrole nitrogens is 1. The monoisotopic (exact) mass is 286 g/mol. The van der Waals surface area contributed by atoms with Crippen LogP contribution in [0.15, 0.2) is 29.4 Å². The number of aromatic amines is 1. The van der Waals surface area contributed by atoms with Crippen LogP contribution in [0.4, 0.5) is 4.39 Å². The minimum absolute atomic E-state index is 0.0613. The number of hydrogen-bond donors (Lipinski definition) is 3. The number of nitrogens with one attached hydrogen (secondary N) is 2. The van der Waals surface area contributed by atoms with E-state index in [1.54, 1.807) is 0 Å². The summed E-state index contributed by atoms with van der Waals surface area (Å²) in [5.74, 6) is -0.301. The Labute approximate surface area is 108 Å². The van der Waals surface area contributed by atoms with Gasteiger partial charge in [-0.05, 0) is 18.2 Å². The quantitative estimate of drug-likeness (QED) is 0.712. The van der Waals surface area contributed by atoms with Crippen LogP contribution in [0, 0.1) is 5.82 Å². The van der Waals surface area contributed by atoms with Gasteiger partial charge in [-0.3, -0.25) is 5.10 Å². The van der Waals surface area contributed by atoms with Crippen LogP contribution in [0.25, 0.3) is 0 Å². The summed E-state index contributed by atoms with van der Waals surface area (Å²) in [5.41, 5.74) is -0.0810. The molecule has 0 saturated heterocycles. The third-order valence-corrected chi connectivity index (χ3v) is 3.79. The maximum atomic E-state index is 13.2. The summed E-state index contributed by atoms with van der Waals surface area (Å²) in [4.78, 5) is 3.64. The van der Waals surface area contributed by atoms with Gasteiger partial charge in [-0.2, -0.15) is 5.10 Å². The molecule has 19 heavy (non-hydrogen) atoms. The van der Waals surface area contributed by atoms with Crippen molar-refractivity contribution in [2.75, 3.05) is 0 Å². The Morgan fingerprint density at radius 2 is 2.21 bits per heavy atom. The molecule has 0 radical (unpaired) electrons. The number of hydrogen-bond acceptors (Lipinski definition) is 5. The second-order valence-electron chi connectivity index (χ2n) is 3.67.